The lowest BCUT2D eigenvalue weighted by molar-refractivity contribution is 0.331. The predicted octanol–water partition coefficient (Wildman–Crippen LogP) is 4.89. The van der Waals surface area contributed by atoms with Gasteiger partial charge >= 0.3 is 0 Å². The van der Waals surface area contributed by atoms with Gasteiger partial charge in [-0.3, -0.25) is 0 Å². The Bertz CT molecular complexity index is 1150. The van der Waals surface area contributed by atoms with Gasteiger partial charge in [0.25, 0.3) is 10.0 Å². The van der Waals surface area contributed by atoms with Crippen LogP contribution in [0.5, 0.6) is 0 Å². The Morgan fingerprint density at radius 3 is 2.41 bits per heavy atom. The zero-order valence-electron chi connectivity index (χ0n) is 17.1. The highest BCUT2D eigenvalue weighted by atomic mass is 32.2. The normalized spacial score (nSPS) is 17.5. The lowest BCUT2D eigenvalue weighted by atomic mass is 9.63. The first-order valence-corrected chi connectivity index (χ1v) is 11.1. The maximum atomic E-state index is 13.0. The summed E-state index contributed by atoms with van der Waals surface area (Å²) in [7, 11) is -3.83. The number of anilines is 1. The summed E-state index contributed by atoms with van der Waals surface area (Å²) in [6, 6.07) is 10.6. The Hall–Kier alpha value is -2.67. The summed E-state index contributed by atoms with van der Waals surface area (Å²) in [4.78, 5) is 8.54. The maximum Gasteiger partial charge on any atom is 0.264 e. The molecule has 0 radical (unpaired) electrons. The van der Waals surface area contributed by atoms with Crippen LogP contribution in [0, 0.1) is 0 Å². The predicted molar refractivity (Wildman–Crippen MR) is 112 cm³/mol. The minimum atomic E-state index is -3.83. The lowest BCUT2D eigenvalue weighted by Crippen LogP contribution is -2.34. The Morgan fingerprint density at radius 2 is 1.72 bits per heavy atom. The van der Waals surface area contributed by atoms with E-state index in [1.54, 1.807) is 30.3 Å². The van der Waals surface area contributed by atoms with Crippen molar-refractivity contribution in [3.05, 3.63) is 60.0 Å². The van der Waals surface area contributed by atoms with Crippen molar-refractivity contribution in [1.29, 1.82) is 0 Å². The molecule has 1 N–H and O–H groups in total. The van der Waals surface area contributed by atoms with E-state index in [1.165, 1.54) is 18.0 Å². The molecule has 2 heterocycles. The van der Waals surface area contributed by atoms with Gasteiger partial charge in [-0.1, -0.05) is 33.8 Å². The zero-order valence-corrected chi connectivity index (χ0v) is 17.9. The molecule has 0 atom stereocenters. The van der Waals surface area contributed by atoms with Crippen molar-refractivity contribution >= 4 is 16.0 Å². The first kappa shape index (κ1) is 19.6. The van der Waals surface area contributed by atoms with Gasteiger partial charge in [-0.2, -0.15) is 0 Å². The highest BCUT2D eigenvalue weighted by Gasteiger charge is 2.37. The van der Waals surface area contributed by atoms with Gasteiger partial charge < -0.3 is 4.42 Å². The standard InChI is InChI=1S/C22H25N3O3S/c1-21(2)10-11-22(3,4)17-14-15(7-8-16(17)21)29(26,27)25-20-23-12-9-18(24-20)19-6-5-13-28-19/h5-9,12-14H,10-11H2,1-4H3,(H,23,24,25). The van der Waals surface area contributed by atoms with E-state index in [9.17, 15) is 8.42 Å². The molecule has 0 aliphatic heterocycles. The molecule has 0 amide bonds. The van der Waals surface area contributed by atoms with Crippen LogP contribution in [0.4, 0.5) is 5.95 Å². The number of aromatic nitrogens is 2. The van der Waals surface area contributed by atoms with Crippen LogP contribution >= 0.6 is 0 Å². The molecule has 0 saturated heterocycles. The van der Waals surface area contributed by atoms with Gasteiger partial charge in [0.1, 0.15) is 5.69 Å². The first-order valence-electron chi connectivity index (χ1n) is 9.63. The van der Waals surface area contributed by atoms with E-state index < -0.39 is 10.0 Å². The monoisotopic (exact) mass is 411 g/mol. The molecule has 0 saturated carbocycles. The number of fused-ring (bicyclic) bond motifs is 1. The molecule has 0 unspecified atom stereocenters. The molecule has 7 heteroatoms. The van der Waals surface area contributed by atoms with Gasteiger partial charge in [0.15, 0.2) is 5.76 Å². The minimum Gasteiger partial charge on any atom is -0.463 e. The quantitative estimate of drug-likeness (QED) is 0.661. The highest BCUT2D eigenvalue weighted by molar-refractivity contribution is 7.92. The van der Waals surface area contributed by atoms with Gasteiger partial charge in [0, 0.05) is 6.20 Å². The van der Waals surface area contributed by atoms with Crippen LogP contribution in [0.2, 0.25) is 0 Å². The van der Waals surface area contributed by atoms with Crippen LogP contribution < -0.4 is 4.72 Å². The molecule has 1 aliphatic rings. The summed E-state index contributed by atoms with van der Waals surface area (Å²) in [6.07, 6.45) is 5.13. The van der Waals surface area contributed by atoms with Gasteiger partial charge in [0.2, 0.25) is 5.95 Å². The third-order valence-corrected chi connectivity index (χ3v) is 7.12. The van der Waals surface area contributed by atoms with E-state index in [0.29, 0.717) is 11.5 Å². The second kappa shape index (κ2) is 6.69. The van der Waals surface area contributed by atoms with Crippen molar-refractivity contribution in [3.63, 3.8) is 0 Å². The summed E-state index contributed by atoms with van der Waals surface area (Å²) in [6.45, 7) is 8.75. The van der Waals surface area contributed by atoms with Crippen molar-refractivity contribution in [2.45, 2.75) is 56.3 Å². The van der Waals surface area contributed by atoms with Crippen LogP contribution in [0.15, 0.2) is 58.2 Å². The molecule has 152 valence electrons. The fourth-order valence-corrected chi connectivity index (χ4v) is 4.86. The minimum absolute atomic E-state index is 0.0104. The molecule has 4 rings (SSSR count). The van der Waals surface area contributed by atoms with E-state index >= 15 is 0 Å². The van der Waals surface area contributed by atoms with Crippen molar-refractivity contribution in [3.8, 4) is 11.5 Å². The fourth-order valence-electron chi connectivity index (χ4n) is 3.88. The molecule has 29 heavy (non-hydrogen) atoms. The number of nitrogens with one attached hydrogen (secondary N) is 1. The van der Waals surface area contributed by atoms with Crippen LogP contribution in [0.3, 0.4) is 0 Å². The average molecular weight is 412 g/mol. The van der Waals surface area contributed by atoms with Gasteiger partial charge in [-0.05, 0) is 65.1 Å². The number of sulfonamides is 1. The average Bonchev–Trinajstić information content (AvgIpc) is 3.20. The first-order chi connectivity index (χ1) is 13.6. The Morgan fingerprint density at radius 1 is 1.00 bits per heavy atom. The number of furan rings is 1. The van der Waals surface area contributed by atoms with Crippen LogP contribution in [-0.2, 0) is 20.9 Å². The summed E-state index contributed by atoms with van der Waals surface area (Å²) in [5.41, 5.74) is 2.76. The smallest absolute Gasteiger partial charge is 0.264 e. The molecule has 0 fully saturated rings. The summed E-state index contributed by atoms with van der Waals surface area (Å²) < 4.78 is 33.9. The molecule has 6 nitrogen and oxygen atoms in total. The Labute approximate surface area is 171 Å². The second-order valence-corrected chi connectivity index (χ2v) is 10.5. The van der Waals surface area contributed by atoms with Gasteiger partial charge in [0.05, 0.1) is 11.2 Å². The Balaban J connectivity index is 1.69. The molecule has 1 aromatic carbocycles. The third kappa shape index (κ3) is 3.67. The molecule has 3 aromatic rings. The van der Waals surface area contributed by atoms with Crippen molar-refractivity contribution in [1.82, 2.24) is 9.97 Å². The zero-order chi connectivity index (χ0) is 20.9. The summed E-state index contributed by atoms with van der Waals surface area (Å²) >= 11 is 0. The summed E-state index contributed by atoms with van der Waals surface area (Å²) in [5, 5.41) is 0. The third-order valence-electron chi connectivity index (χ3n) is 5.79. The van der Waals surface area contributed by atoms with E-state index in [1.807, 2.05) is 6.07 Å². The molecular weight excluding hydrogens is 386 g/mol. The van der Waals surface area contributed by atoms with E-state index in [4.69, 9.17) is 4.42 Å². The second-order valence-electron chi connectivity index (χ2n) is 8.82. The topological polar surface area (TPSA) is 85.1 Å². The molecular formula is C22H25N3O3S. The number of hydrogen-bond acceptors (Lipinski definition) is 5. The fraction of sp³-hybridized carbons (Fsp3) is 0.364. The van der Waals surface area contributed by atoms with Gasteiger partial charge in [-0.25, -0.2) is 23.1 Å². The van der Waals surface area contributed by atoms with E-state index in [0.717, 1.165) is 18.4 Å². The number of nitrogens with zero attached hydrogens (tertiary/aromatic N) is 2. The SMILES string of the molecule is CC1(C)CCC(C)(C)c2cc(S(=O)(=O)Nc3nccc(-c4ccco4)n3)ccc21. The summed E-state index contributed by atoms with van der Waals surface area (Å²) in [5.74, 6) is 0.557. The maximum absolute atomic E-state index is 13.0. The van der Waals surface area contributed by atoms with Crippen molar-refractivity contribution in [2.75, 3.05) is 4.72 Å². The van der Waals surface area contributed by atoms with E-state index in [2.05, 4.69) is 42.4 Å². The molecule has 0 bridgehead atoms. The van der Waals surface area contributed by atoms with Crippen LogP contribution in [0.25, 0.3) is 11.5 Å². The largest absolute Gasteiger partial charge is 0.463 e. The number of hydrogen-bond donors (Lipinski definition) is 1. The van der Waals surface area contributed by atoms with Crippen molar-refractivity contribution < 1.29 is 12.8 Å². The molecule has 0 spiro atoms. The van der Waals surface area contributed by atoms with Crippen molar-refractivity contribution in [2.24, 2.45) is 0 Å². The highest BCUT2D eigenvalue weighted by Crippen LogP contribution is 2.46. The van der Waals surface area contributed by atoms with Gasteiger partial charge in [-0.15, -0.1) is 0 Å². The van der Waals surface area contributed by atoms with E-state index in [-0.39, 0.29) is 21.7 Å². The number of rotatable bonds is 4. The van der Waals surface area contributed by atoms with Crippen LogP contribution in [0.1, 0.15) is 51.7 Å². The Kier molecular flexibility index (Phi) is 4.53. The lowest BCUT2D eigenvalue weighted by Gasteiger charge is -2.42. The number of benzene rings is 1. The molecule has 1 aliphatic carbocycles. The molecule has 2 aromatic heterocycles. The van der Waals surface area contributed by atoms with Crippen LogP contribution in [-0.4, -0.2) is 18.4 Å².